The van der Waals surface area contributed by atoms with Crippen LogP contribution in [0.15, 0.2) is 18.2 Å². The first kappa shape index (κ1) is 13.3. The maximum absolute atomic E-state index is 13.2. The second kappa shape index (κ2) is 5.27. The van der Waals surface area contributed by atoms with E-state index in [4.69, 9.17) is 10.5 Å². The Balaban J connectivity index is 2.27. The molecule has 2 atom stereocenters. The van der Waals surface area contributed by atoms with Gasteiger partial charge in [0.15, 0.2) is 0 Å². The molecule has 100 valence electrons. The molecule has 0 spiro atoms. The van der Waals surface area contributed by atoms with Gasteiger partial charge in [0.2, 0.25) is 0 Å². The second-order valence-corrected chi connectivity index (χ2v) is 5.23. The lowest BCUT2D eigenvalue weighted by atomic mass is 9.82. The summed E-state index contributed by atoms with van der Waals surface area (Å²) in [5, 5.41) is 0. The van der Waals surface area contributed by atoms with Crippen LogP contribution in [0.4, 0.5) is 4.39 Å². The van der Waals surface area contributed by atoms with Crippen molar-refractivity contribution in [1.82, 2.24) is 0 Å². The highest BCUT2D eigenvalue weighted by Crippen LogP contribution is 2.42. The summed E-state index contributed by atoms with van der Waals surface area (Å²) in [6.07, 6.45) is 5.02. The largest absolute Gasteiger partial charge is 0.487 e. The minimum Gasteiger partial charge on any atom is -0.487 e. The van der Waals surface area contributed by atoms with E-state index in [9.17, 15) is 4.39 Å². The number of rotatable bonds is 4. The number of benzene rings is 1. The van der Waals surface area contributed by atoms with Gasteiger partial charge in [0, 0.05) is 18.0 Å². The third-order valence-corrected chi connectivity index (χ3v) is 3.92. The summed E-state index contributed by atoms with van der Waals surface area (Å²) in [6.45, 7) is 4.31. The molecule has 2 N–H and O–H groups in total. The van der Waals surface area contributed by atoms with Crippen LogP contribution in [0.25, 0.3) is 0 Å². The van der Waals surface area contributed by atoms with Gasteiger partial charge < -0.3 is 10.5 Å². The molecule has 1 heterocycles. The minimum atomic E-state index is -0.245. The number of hydrogen-bond donors (Lipinski definition) is 1. The summed E-state index contributed by atoms with van der Waals surface area (Å²) >= 11 is 0. The zero-order valence-corrected chi connectivity index (χ0v) is 11.2. The molecule has 1 aromatic rings. The van der Waals surface area contributed by atoms with Gasteiger partial charge in [-0.05, 0) is 37.5 Å². The SMILES string of the molecule is CCCCC1(CC)CC(N)c2cc(F)ccc2O1. The predicted molar refractivity (Wildman–Crippen MR) is 71.1 cm³/mol. The van der Waals surface area contributed by atoms with Gasteiger partial charge in [0.25, 0.3) is 0 Å². The molecule has 0 aliphatic carbocycles. The summed E-state index contributed by atoms with van der Waals surface area (Å²) in [4.78, 5) is 0. The summed E-state index contributed by atoms with van der Waals surface area (Å²) in [7, 11) is 0. The quantitative estimate of drug-likeness (QED) is 0.879. The van der Waals surface area contributed by atoms with Crippen molar-refractivity contribution in [3.63, 3.8) is 0 Å². The fourth-order valence-electron chi connectivity index (χ4n) is 2.73. The van der Waals surface area contributed by atoms with Crippen molar-refractivity contribution in [1.29, 1.82) is 0 Å². The van der Waals surface area contributed by atoms with Gasteiger partial charge in [-0.15, -0.1) is 0 Å². The summed E-state index contributed by atoms with van der Waals surface area (Å²) in [5.74, 6) is 0.512. The van der Waals surface area contributed by atoms with Crippen LogP contribution < -0.4 is 10.5 Å². The first-order chi connectivity index (χ1) is 8.60. The minimum absolute atomic E-state index is 0.124. The molecular formula is C15H22FNO. The lowest BCUT2D eigenvalue weighted by molar-refractivity contribution is 0.0215. The molecule has 0 saturated carbocycles. The normalized spacial score (nSPS) is 26.6. The molecule has 0 fully saturated rings. The molecule has 2 unspecified atom stereocenters. The maximum Gasteiger partial charge on any atom is 0.125 e. The summed E-state index contributed by atoms with van der Waals surface area (Å²) in [6, 6.07) is 4.53. The highest BCUT2D eigenvalue weighted by molar-refractivity contribution is 5.39. The fraction of sp³-hybridized carbons (Fsp3) is 0.600. The van der Waals surface area contributed by atoms with Gasteiger partial charge in [-0.1, -0.05) is 20.3 Å². The Morgan fingerprint density at radius 2 is 2.22 bits per heavy atom. The summed E-state index contributed by atoms with van der Waals surface area (Å²) < 4.78 is 19.4. The predicted octanol–water partition coefficient (Wildman–Crippen LogP) is 3.95. The van der Waals surface area contributed by atoms with Crippen LogP contribution in [0.2, 0.25) is 0 Å². The molecule has 2 rings (SSSR count). The van der Waals surface area contributed by atoms with Gasteiger partial charge in [0.05, 0.1) is 0 Å². The third-order valence-electron chi connectivity index (χ3n) is 3.92. The van der Waals surface area contributed by atoms with E-state index in [2.05, 4.69) is 13.8 Å². The van der Waals surface area contributed by atoms with Crippen molar-refractivity contribution < 1.29 is 9.13 Å². The molecule has 0 saturated heterocycles. The van der Waals surface area contributed by atoms with E-state index >= 15 is 0 Å². The van der Waals surface area contributed by atoms with Crippen molar-refractivity contribution >= 4 is 0 Å². The first-order valence-corrected chi connectivity index (χ1v) is 6.84. The van der Waals surface area contributed by atoms with Crippen LogP contribution in [-0.2, 0) is 0 Å². The monoisotopic (exact) mass is 251 g/mol. The molecule has 18 heavy (non-hydrogen) atoms. The number of fused-ring (bicyclic) bond motifs is 1. The van der Waals surface area contributed by atoms with E-state index in [0.29, 0.717) is 0 Å². The highest BCUT2D eigenvalue weighted by atomic mass is 19.1. The van der Waals surface area contributed by atoms with Crippen molar-refractivity contribution in [2.24, 2.45) is 5.73 Å². The second-order valence-electron chi connectivity index (χ2n) is 5.23. The number of nitrogens with two attached hydrogens (primary N) is 1. The number of hydrogen-bond acceptors (Lipinski definition) is 2. The molecule has 0 aromatic heterocycles. The van der Waals surface area contributed by atoms with Crippen molar-refractivity contribution in [2.45, 2.75) is 57.6 Å². The molecule has 0 amide bonds. The lowest BCUT2D eigenvalue weighted by Crippen LogP contribution is -2.42. The average Bonchev–Trinajstić information content (AvgIpc) is 2.37. The number of halogens is 1. The van der Waals surface area contributed by atoms with E-state index in [1.807, 2.05) is 0 Å². The van der Waals surface area contributed by atoms with Gasteiger partial charge in [-0.25, -0.2) is 4.39 Å². The van der Waals surface area contributed by atoms with Crippen LogP contribution in [-0.4, -0.2) is 5.60 Å². The Labute approximate surface area is 108 Å². The Hall–Kier alpha value is -1.09. The Bertz CT molecular complexity index is 421. The Morgan fingerprint density at radius 1 is 1.44 bits per heavy atom. The van der Waals surface area contributed by atoms with Crippen LogP contribution in [0.1, 0.15) is 57.6 Å². The van der Waals surface area contributed by atoms with E-state index in [0.717, 1.165) is 43.4 Å². The van der Waals surface area contributed by atoms with Crippen molar-refractivity contribution in [2.75, 3.05) is 0 Å². The summed E-state index contributed by atoms with van der Waals surface area (Å²) in [5.41, 5.74) is 6.83. The number of unbranched alkanes of at least 4 members (excludes halogenated alkanes) is 1. The van der Waals surface area contributed by atoms with E-state index < -0.39 is 0 Å². The topological polar surface area (TPSA) is 35.2 Å². The lowest BCUT2D eigenvalue weighted by Gasteiger charge is -2.41. The third kappa shape index (κ3) is 2.51. The first-order valence-electron chi connectivity index (χ1n) is 6.84. The van der Waals surface area contributed by atoms with E-state index in [1.54, 1.807) is 6.07 Å². The molecule has 3 heteroatoms. The highest BCUT2D eigenvalue weighted by Gasteiger charge is 2.37. The van der Waals surface area contributed by atoms with Crippen LogP contribution in [0.3, 0.4) is 0 Å². The standard InChI is InChI=1S/C15H22FNO/c1-3-5-8-15(4-2)10-13(17)12-9-11(16)6-7-14(12)18-15/h6-7,9,13H,3-5,8,10,17H2,1-2H3. The molecule has 0 radical (unpaired) electrons. The van der Waals surface area contributed by atoms with Crippen molar-refractivity contribution in [3.8, 4) is 5.75 Å². The Kier molecular flexibility index (Phi) is 3.91. The van der Waals surface area contributed by atoms with Gasteiger partial charge >= 0.3 is 0 Å². The zero-order chi connectivity index (χ0) is 13.2. The maximum atomic E-state index is 13.2. The van der Waals surface area contributed by atoms with Crippen LogP contribution in [0.5, 0.6) is 5.75 Å². The van der Waals surface area contributed by atoms with Gasteiger partial charge in [-0.3, -0.25) is 0 Å². The molecule has 1 aliphatic rings. The van der Waals surface area contributed by atoms with Crippen LogP contribution in [0, 0.1) is 5.82 Å². The molecular weight excluding hydrogens is 229 g/mol. The van der Waals surface area contributed by atoms with E-state index in [1.165, 1.54) is 12.1 Å². The Morgan fingerprint density at radius 3 is 2.89 bits per heavy atom. The molecule has 1 aliphatic heterocycles. The number of ether oxygens (including phenoxy) is 1. The zero-order valence-electron chi connectivity index (χ0n) is 11.2. The molecule has 2 nitrogen and oxygen atoms in total. The molecule has 1 aromatic carbocycles. The smallest absolute Gasteiger partial charge is 0.125 e. The van der Waals surface area contributed by atoms with E-state index in [-0.39, 0.29) is 17.5 Å². The van der Waals surface area contributed by atoms with Gasteiger partial charge in [0.1, 0.15) is 17.2 Å². The van der Waals surface area contributed by atoms with Crippen molar-refractivity contribution in [3.05, 3.63) is 29.6 Å². The van der Waals surface area contributed by atoms with Gasteiger partial charge in [-0.2, -0.15) is 0 Å². The molecule has 0 bridgehead atoms. The average molecular weight is 251 g/mol. The van der Waals surface area contributed by atoms with Crippen LogP contribution >= 0.6 is 0 Å². The fourth-order valence-corrected chi connectivity index (χ4v) is 2.73.